The maximum atomic E-state index is 10.4. The first-order valence-electron chi connectivity index (χ1n) is 7.55. The summed E-state index contributed by atoms with van der Waals surface area (Å²) in [6.07, 6.45) is 8.38. The largest absolute Gasteiger partial charge is 0.504 e. The maximum absolute atomic E-state index is 10.4. The van der Waals surface area contributed by atoms with Gasteiger partial charge >= 0.3 is 0 Å². The lowest BCUT2D eigenvalue weighted by Gasteiger charge is -2.29. The quantitative estimate of drug-likeness (QED) is 0.757. The van der Waals surface area contributed by atoms with Crippen LogP contribution in [0.3, 0.4) is 0 Å². The molecule has 4 rings (SSSR count). The van der Waals surface area contributed by atoms with Crippen LogP contribution in [0.4, 0.5) is 5.69 Å². The average molecular weight is 374 g/mol. The molecule has 6 nitrogen and oxygen atoms in total. The van der Waals surface area contributed by atoms with Crippen LogP contribution in [0.15, 0.2) is 43.1 Å². The number of fused-ring (bicyclic) bond motifs is 1. The molecule has 1 aliphatic rings. The molecular formula is C17H13Cl2N5O. The molecule has 0 amide bonds. The van der Waals surface area contributed by atoms with E-state index in [9.17, 15) is 5.11 Å². The van der Waals surface area contributed by atoms with Crippen molar-refractivity contribution in [2.75, 3.05) is 11.4 Å². The molecule has 0 saturated carbocycles. The van der Waals surface area contributed by atoms with Gasteiger partial charge in [0, 0.05) is 28.7 Å². The summed E-state index contributed by atoms with van der Waals surface area (Å²) in [4.78, 5) is 10.3. The number of benzene rings is 1. The fourth-order valence-electron chi connectivity index (χ4n) is 2.94. The van der Waals surface area contributed by atoms with Crippen LogP contribution in [0.25, 0.3) is 11.9 Å². The van der Waals surface area contributed by atoms with E-state index >= 15 is 0 Å². The number of hydrogen-bond acceptors (Lipinski definition) is 5. The van der Waals surface area contributed by atoms with Crippen LogP contribution in [-0.2, 0) is 6.54 Å². The molecule has 0 bridgehead atoms. The second-order valence-electron chi connectivity index (χ2n) is 5.63. The number of hydrogen-bond donors (Lipinski definition) is 1. The number of aromatic nitrogens is 4. The van der Waals surface area contributed by atoms with E-state index in [1.807, 2.05) is 29.2 Å². The van der Waals surface area contributed by atoms with Gasteiger partial charge in [-0.2, -0.15) is 5.10 Å². The number of pyridine rings is 1. The van der Waals surface area contributed by atoms with Crippen molar-refractivity contribution in [1.82, 2.24) is 19.7 Å². The predicted molar refractivity (Wildman–Crippen MR) is 97.4 cm³/mol. The molecule has 1 N–H and O–H groups in total. The molecular weight excluding hydrogens is 361 g/mol. The Kier molecular flexibility index (Phi) is 4.07. The monoisotopic (exact) mass is 373 g/mol. The predicted octanol–water partition coefficient (Wildman–Crippen LogP) is 3.71. The summed E-state index contributed by atoms with van der Waals surface area (Å²) in [6, 6.07) is 5.42. The van der Waals surface area contributed by atoms with Gasteiger partial charge in [0.2, 0.25) is 0 Å². The molecule has 3 aromatic rings. The Morgan fingerprint density at radius 2 is 1.96 bits per heavy atom. The first kappa shape index (κ1) is 15.9. The lowest BCUT2D eigenvalue weighted by atomic mass is 10.1. The van der Waals surface area contributed by atoms with Crippen molar-refractivity contribution in [2.24, 2.45) is 0 Å². The van der Waals surface area contributed by atoms with E-state index < -0.39 is 0 Å². The second kappa shape index (κ2) is 6.38. The highest BCUT2D eigenvalue weighted by molar-refractivity contribution is 6.34. The molecule has 1 aliphatic heterocycles. The summed E-state index contributed by atoms with van der Waals surface area (Å²) in [5.74, 6) is 0.715. The summed E-state index contributed by atoms with van der Waals surface area (Å²) in [5.41, 5.74) is 2.43. The van der Waals surface area contributed by atoms with Crippen LogP contribution in [0.1, 0.15) is 11.1 Å². The van der Waals surface area contributed by atoms with Gasteiger partial charge in [0.15, 0.2) is 11.6 Å². The average Bonchev–Trinajstić information content (AvgIpc) is 3.08. The smallest absolute Gasteiger partial charge is 0.164 e. The fraction of sp³-hybridized carbons (Fsp3) is 0.118. The molecule has 0 saturated heterocycles. The number of aromatic hydroxyl groups is 1. The Morgan fingerprint density at radius 3 is 2.68 bits per heavy atom. The van der Waals surface area contributed by atoms with Crippen molar-refractivity contribution in [3.63, 3.8) is 0 Å². The minimum atomic E-state index is 0.108. The first-order valence-corrected chi connectivity index (χ1v) is 8.31. The maximum Gasteiger partial charge on any atom is 0.164 e. The highest BCUT2D eigenvalue weighted by Crippen LogP contribution is 2.38. The molecule has 25 heavy (non-hydrogen) atoms. The van der Waals surface area contributed by atoms with Crippen LogP contribution in [0, 0.1) is 0 Å². The van der Waals surface area contributed by atoms with E-state index in [-0.39, 0.29) is 5.75 Å². The SMILES string of the molecule is Oc1cnc(-n2cncn2)c2c1N(Cc1cc(Cl)cc(Cl)c1)CC=C2. The Labute approximate surface area is 154 Å². The van der Waals surface area contributed by atoms with Gasteiger partial charge in [-0.1, -0.05) is 35.4 Å². The summed E-state index contributed by atoms with van der Waals surface area (Å²) < 4.78 is 1.57. The lowest BCUT2D eigenvalue weighted by molar-refractivity contribution is 0.470. The minimum Gasteiger partial charge on any atom is -0.504 e. The third kappa shape index (κ3) is 3.06. The standard InChI is InChI=1S/C17H13Cl2N5O/c18-12-4-11(5-13(19)6-12)8-23-3-1-2-14-16(23)15(25)7-21-17(14)24-10-20-9-22-24/h1-2,4-7,9-10,25H,3,8H2. The van der Waals surface area contributed by atoms with Crippen molar-refractivity contribution >= 4 is 35.0 Å². The third-order valence-corrected chi connectivity index (χ3v) is 4.34. The highest BCUT2D eigenvalue weighted by atomic mass is 35.5. The van der Waals surface area contributed by atoms with Gasteiger partial charge in [0.25, 0.3) is 0 Å². The Morgan fingerprint density at radius 1 is 1.16 bits per heavy atom. The van der Waals surface area contributed by atoms with Gasteiger partial charge in [-0.25, -0.2) is 14.6 Å². The second-order valence-corrected chi connectivity index (χ2v) is 6.50. The molecule has 3 heterocycles. The molecule has 0 aliphatic carbocycles. The van der Waals surface area contributed by atoms with Crippen molar-refractivity contribution in [2.45, 2.75) is 6.54 Å². The van der Waals surface area contributed by atoms with Gasteiger partial charge in [0.1, 0.15) is 12.7 Å². The molecule has 0 spiro atoms. The lowest BCUT2D eigenvalue weighted by Crippen LogP contribution is -2.26. The van der Waals surface area contributed by atoms with Gasteiger partial charge < -0.3 is 10.0 Å². The van der Waals surface area contributed by atoms with Crippen LogP contribution in [-0.4, -0.2) is 31.4 Å². The molecule has 0 unspecified atom stereocenters. The van der Waals surface area contributed by atoms with Crippen molar-refractivity contribution in [3.05, 3.63) is 64.3 Å². The van der Waals surface area contributed by atoms with Gasteiger partial charge in [-0.3, -0.25) is 0 Å². The van der Waals surface area contributed by atoms with E-state index in [2.05, 4.69) is 15.1 Å². The minimum absolute atomic E-state index is 0.108. The zero-order valence-electron chi connectivity index (χ0n) is 13.0. The normalized spacial score (nSPS) is 13.1. The van der Waals surface area contributed by atoms with E-state index in [1.54, 1.807) is 17.1 Å². The van der Waals surface area contributed by atoms with E-state index in [4.69, 9.17) is 23.2 Å². The van der Waals surface area contributed by atoms with E-state index in [1.165, 1.54) is 12.5 Å². The van der Waals surface area contributed by atoms with Crippen LogP contribution < -0.4 is 4.90 Å². The van der Waals surface area contributed by atoms with Crippen molar-refractivity contribution < 1.29 is 5.11 Å². The molecule has 2 aromatic heterocycles. The van der Waals surface area contributed by atoms with E-state index in [0.29, 0.717) is 34.6 Å². The van der Waals surface area contributed by atoms with Crippen LogP contribution >= 0.6 is 23.2 Å². The number of halogens is 2. The summed E-state index contributed by atoms with van der Waals surface area (Å²) in [5, 5.41) is 15.7. The number of anilines is 1. The molecule has 0 fully saturated rings. The highest BCUT2D eigenvalue weighted by Gasteiger charge is 2.22. The Balaban J connectivity index is 1.77. The van der Waals surface area contributed by atoms with Crippen LogP contribution in [0.2, 0.25) is 10.0 Å². The molecule has 8 heteroatoms. The number of rotatable bonds is 3. The third-order valence-electron chi connectivity index (χ3n) is 3.91. The van der Waals surface area contributed by atoms with Gasteiger partial charge in [0.05, 0.1) is 11.9 Å². The van der Waals surface area contributed by atoms with E-state index in [0.717, 1.165) is 11.1 Å². The summed E-state index contributed by atoms with van der Waals surface area (Å²) in [6.45, 7) is 1.19. The number of nitrogens with zero attached hydrogens (tertiary/aromatic N) is 5. The zero-order chi connectivity index (χ0) is 17.4. The van der Waals surface area contributed by atoms with Crippen molar-refractivity contribution in [1.29, 1.82) is 0 Å². The van der Waals surface area contributed by atoms with Gasteiger partial charge in [-0.15, -0.1) is 0 Å². The Bertz CT molecular complexity index is 936. The molecule has 1 aromatic carbocycles. The Hall–Kier alpha value is -2.57. The van der Waals surface area contributed by atoms with Crippen molar-refractivity contribution in [3.8, 4) is 11.6 Å². The molecule has 126 valence electrons. The van der Waals surface area contributed by atoms with Gasteiger partial charge in [-0.05, 0) is 23.8 Å². The summed E-state index contributed by atoms with van der Waals surface area (Å²) in [7, 11) is 0. The fourth-order valence-corrected chi connectivity index (χ4v) is 3.51. The topological polar surface area (TPSA) is 67.1 Å². The first-order chi connectivity index (χ1) is 12.1. The molecule has 0 atom stereocenters. The summed E-state index contributed by atoms with van der Waals surface area (Å²) >= 11 is 12.2. The zero-order valence-corrected chi connectivity index (χ0v) is 14.5. The molecule has 0 radical (unpaired) electrons. The van der Waals surface area contributed by atoms with Crippen LogP contribution in [0.5, 0.6) is 5.75 Å².